The Balaban J connectivity index is 2.32. The van der Waals surface area contributed by atoms with Crippen LogP contribution < -0.4 is 10.7 Å². The highest BCUT2D eigenvalue weighted by Gasteiger charge is 2.02. The van der Waals surface area contributed by atoms with Crippen molar-refractivity contribution in [2.45, 2.75) is 0 Å². The van der Waals surface area contributed by atoms with Crippen molar-refractivity contribution in [3.8, 4) is 0 Å². The van der Waals surface area contributed by atoms with Crippen LogP contribution in [0.1, 0.15) is 5.69 Å². The molecular weight excluding hydrogens is 236 g/mol. The van der Waals surface area contributed by atoms with Crippen LogP contribution in [-0.4, -0.2) is 28.8 Å². The maximum Gasteiger partial charge on any atom is 0.409 e. The fraction of sp³-hybridized carbons (Fsp3) is 0.100. The van der Waals surface area contributed by atoms with E-state index in [1.165, 1.54) is 6.21 Å². The first kappa shape index (κ1) is 13.1. The molecular formula is C10H11N6O2+. The summed E-state index contributed by atoms with van der Waals surface area (Å²) >= 11 is 0. The fourth-order valence-electron chi connectivity index (χ4n) is 0.933. The van der Waals surface area contributed by atoms with Gasteiger partial charge in [-0.25, -0.2) is 5.43 Å². The van der Waals surface area contributed by atoms with Gasteiger partial charge >= 0.3 is 6.20 Å². The highest BCUT2D eigenvalue weighted by atomic mass is 16.3. The van der Waals surface area contributed by atoms with Crippen LogP contribution in [0.5, 0.6) is 0 Å². The number of carbonyl (C=O) groups excluding carboxylic acids is 1. The molecule has 92 valence electrons. The number of carbonyl (C=O) groups is 1. The van der Waals surface area contributed by atoms with Crippen LogP contribution >= 0.6 is 0 Å². The Labute approximate surface area is 103 Å². The van der Waals surface area contributed by atoms with Crippen LogP contribution in [0.2, 0.25) is 0 Å². The molecule has 0 atom stereocenters. The molecule has 1 heterocycles. The lowest BCUT2D eigenvalue weighted by Crippen LogP contribution is -2.30. The molecule has 0 spiro atoms. The van der Waals surface area contributed by atoms with E-state index in [0.29, 0.717) is 5.69 Å². The average Bonchev–Trinajstić information content (AvgIpc) is 2.38. The third-order valence-electron chi connectivity index (χ3n) is 1.68. The molecule has 0 saturated carbocycles. The summed E-state index contributed by atoms with van der Waals surface area (Å²) in [6.45, 7) is -0.211. The number of hydrogen-bond donors (Lipinski definition) is 3. The zero-order valence-corrected chi connectivity index (χ0v) is 9.32. The van der Waals surface area contributed by atoms with Gasteiger partial charge in [-0.3, -0.25) is 9.78 Å². The summed E-state index contributed by atoms with van der Waals surface area (Å²) in [7, 11) is 0. The Morgan fingerprint density at radius 1 is 1.61 bits per heavy atom. The van der Waals surface area contributed by atoms with Gasteiger partial charge in [0.1, 0.15) is 0 Å². The number of nitrogens with zero attached hydrogens (tertiary/aromatic N) is 4. The first-order chi connectivity index (χ1) is 8.72. The van der Waals surface area contributed by atoms with E-state index in [-0.39, 0.29) is 6.54 Å². The van der Waals surface area contributed by atoms with E-state index in [9.17, 15) is 4.79 Å². The lowest BCUT2D eigenvalue weighted by atomic mass is 10.4. The van der Waals surface area contributed by atoms with Gasteiger partial charge in [0.2, 0.25) is 5.39 Å². The number of hydrazone groups is 1. The van der Waals surface area contributed by atoms with E-state index in [4.69, 9.17) is 10.5 Å². The average molecular weight is 247 g/mol. The van der Waals surface area contributed by atoms with Crippen molar-refractivity contribution in [1.29, 1.82) is 5.39 Å². The molecule has 1 rings (SSSR count). The highest BCUT2D eigenvalue weighted by molar-refractivity contribution is 5.81. The zero-order valence-electron chi connectivity index (χ0n) is 9.32. The van der Waals surface area contributed by atoms with Gasteiger partial charge in [-0.15, -0.1) is 0 Å². The van der Waals surface area contributed by atoms with Crippen LogP contribution in [0.3, 0.4) is 0 Å². The van der Waals surface area contributed by atoms with E-state index < -0.39 is 11.8 Å². The summed E-state index contributed by atoms with van der Waals surface area (Å²) in [4.78, 5) is 17.7. The molecule has 1 aromatic rings. The maximum absolute atomic E-state index is 11.2. The SMILES string of the molecule is N#[N+]C=C(O)NCC(=O)NN=Cc1ccccn1. The van der Waals surface area contributed by atoms with Crippen LogP contribution in [0.4, 0.5) is 0 Å². The van der Waals surface area contributed by atoms with Gasteiger partial charge in [0, 0.05) is 6.20 Å². The summed E-state index contributed by atoms with van der Waals surface area (Å²) in [6, 6.07) is 5.28. The zero-order chi connectivity index (χ0) is 13.2. The number of diazo groups is 1. The molecule has 8 heteroatoms. The van der Waals surface area contributed by atoms with Crippen molar-refractivity contribution < 1.29 is 9.90 Å². The lowest BCUT2D eigenvalue weighted by molar-refractivity contribution is -0.120. The summed E-state index contributed by atoms with van der Waals surface area (Å²) in [5.41, 5.74) is 2.83. The summed E-state index contributed by atoms with van der Waals surface area (Å²) in [6.07, 6.45) is 3.74. The van der Waals surface area contributed by atoms with E-state index in [0.717, 1.165) is 6.20 Å². The Morgan fingerprint density at radius 3 is 3.11 bits per heavy atom. The number of amides is 1. The van der Waals surface area contributed by atoms with Gasteiger partial charge in [-0.05, 0) is 12.1 Å². The van der Waals surface area contributed by atoms with Gasteiger partial charge in [0.25, 0.3) is 11.8 Å². The minimum atomic E-state index is -0.472. The molecule has 0 fully saturated rings. The standard InChI is InChI=1S/C10H10N6O2/c11-14-7-9(17)13-6-10(18)16-15-5-8-3-1-2-4-12-8/h1-5,7,13H,6H2,(H-,12,16,17,18)/p+1. The van der Waals surface area contributed by atoms with Crippen LogP contribution in [-0.2, 0) is 4.79 Å². The van der Waals surface area contributed by atoms with E-state index in [1.807, 2.05) is 0 Å². The monoisotopic (exact) mass is 247 g/mol. The number of nitrogens with one attached hydrogen (secondary N) is 2. The minimum Gasteiger partial charge on any atom is -0.490 e. The molecule has 1 aromatic heterocycles. The quantitative estimate of drug-likeness (QED) is 0.300. The Bertz CT molecular complexity index is 491. The van der Waals surface area contributed by atoms with E-state index in [2.05, 4.69) is 25.8 Å². The smallest absolute Gasteiger partial charge is 0.409 e. The molecule has 3 N–H and O–H groups in total. The first-order valence-electron chi connectivity index (χ1n) is 4.92. The minimum absolute atomic E-state index is 0.211. The third kappa shape index (κ3) is 5.22. The van der Waals surface area contributed by atoms with Crippen LogP contribution in [0.15, 0.2) is 41.6 Å². The molecule has 0 aliphatic rings. The van der Waals surface area contributed by atoms with Crippen molar-refractivity contribution in [3.63, 3.8) is 0 Å². The first-order valence-corrected chi connectivity index (χ1v) is 4.92. The van der Waals surface area contributed by atoms with Gasteiger partial charge in [-0.1, -0.05) is 6.07 Å². The number of pyridine rings is 1. The summed E-state index contributed by atoms with van der Waals surface area (Å²) in [5, 5.41) is 23.0. The van der Waals surface area contributed by atoms with Gasteiger partial charge < -0.3 is 10.4 Å². The number of rotatable bonds is 5. The number of aromatic nitrogens is 1. The Kier molecular flexibility index (Phi) is 5.35. The molecule has 0 unspecified atom stereocenters. The van der Waals surface area contributed by atoms with E-state index in [1.54, 1.807) is 24.4 Å². The van der Waals surface area contributed by atoms with Crippen LogP contribution in [0.25, 0.3) is 4.98 Å². The van der Waals surface area contributed by atoms with Crippen molar-refractivity contribution >= 4 is 12.1 Å². The molecule has 0 aliphatic carbocycles. The normalized spacial score (nSPS) is 10.9. The molecule has 1 amide bonds. The molecule has 8 nitrogen and oxygen atoms in total. The van der Waals surface area contributed by atoms with Crippen molar-refractivity contribution in [1.82, 2.24) is 15.7 Å². The highest BCUT2D eigenvalue weighted by Crippen LogP contribution is 1.87. The lowest BCUT2D eigenvalue weighted by Gasteiger charge is -2.00. The van der Waals surface area contributed by atoms with Crippen LogP contribution in [0, 0.1) is 5.39 Å². The third-order valence-corrected chi connectivity index (χ3v) is 1.68. The second kappa shape index (κ2) is 7.34. The largest absolute Gasteiger partial charge is 0.490 e. The second-order valence-corrected chi connectivity index (χ2v) is 3.03. The summed E-state index contributed by atoms with van der Waals surface area (Å²) < 4.78 is 0. The molecule has 0 aromatic carbocycles. The fourth-order valence-corrected chi connectivity index (χ4v) is 0.933. The number of aliphatic hydroxyl groups is 1. The molecule has 0 bridgehead atoms. The predicted octanol–water partition coefficient (Wildman–Crippen LogP) is 0.331. The molecule has 18 heavy (non-hydrogen) atoms. The number of hydrogen-bond acceptors (Lipinski definition) is 6. The van der Waals surface area contributed by atoms with Gasteiger partial charge in [0.05, 0.1) is 18.5 Å². The predicted molar refractivity (Wildman–Crippen MR) is 63.8 cm³/mol. The number of aliphatic hydroxyl groups excluding tert-OH is 1. The maximum atomic E-state index is 11.2. The molecule has 0 saturated heterocycles. The topological polar surface area (TPSA) is 115 Å². The van der Waals surface area contributed by atoms with E-state index >= 15 is 0 Å². The summed E-state index contributed by atoms with van der Waals surface area (Å²) in [5.74, 6) is -0.901. The van der Waals surface area contributed by atoms with Crippen molar-refractivity contribution in [2.75, 3.05) is 6.54 Å². The second-order valence-electron chi connectivity index (χ2n) is 3.03. The molecule has 0 aliphatic heterocycles. The van der Waals surface area contributed by atoms with Crippen molar-refractivity contribution in [3.05, 3.63) is 47.1 Å². The Hall–Kier alpha value is -2.95. The Morgan fingerprint density at radius 2 is 2.44 bits per heavy atom. The van der Waals surface area contributed by atoms with Crippen molar-refractivity contribution in [2.24, 2.45) is 5.10 Å². The van der Waals surface area contributed by atoms with Gasteiger partial charge in [-0.2, -0.15) is 5.10 Å². The van der Waals surface area contributed by atoms with Gasteiger partial charge in [0.15, 0.2) is 4.98 Å². The molecule has 0 radical (unpaired) electrons.